The van der Waals surface area contributed by atoms with Crippen LogP contribution in [0.25, 0.3) is 28.2 Å². The maximum Gasteiger partial charge on any atom is 0.178 e. The molecule has 3 aromatic carbocycles. The first kappa shape index (κ1) is 24.7. The number of aliphatic hydroxyl groups is 1. The lowest BCUT2D eigenvalue weighted by Crippen LogP contribution is -2.15. The fraction of sp³-hybridized carbons (Fsp3) is 0.192. The van der Waals surface area contributed by atoms with Crippen LogP contribution >= 0.6 is 0 Å². The Hall–Kier alpha value is -3.43. The number of hydrogen-bond donors (Lipinski definition) is 1. The van der Waals surface area contributed by atoms with Gasteiger partial charge >= 0.3 is 0 Å². The average Bonchev–Trinajstić information content (AvgIpc) is 3.24. The molecule has 4 aromatic rings. The molecule has 1 N–H and O–H groups in total. The summed E-state index contributed by atoms with van der Waals surface area (Å²) in [7, 11) is -3.45. The van der Waals surface area contributed by atoms with E-state index in [0.717, 1.165) is 12.1 Å². The zero-order valence-corrected chi connectivity index (χ0v) is 20.1. The minimum absolute atomic E-state index is 0.0493. The van der Waals surface area contributed by atoms with Gasteiger partial charge in [0.05, 0.1) is 27.6 Å². The van der Waals surface area contributed by atoms with Gasteiger partial charge in [0.1, 0.15) is 23.1 Å². The van der Waals surface area contributed by atoms with E-state index in [-0.39, 0.29) is 27.9 Å². The summed E-state index contributed by atoms with van der Waals surface area (Å²) in [5.74, 6) is -2.77. The third-order valence-corrected chi connectivity index (χ3v) is 7.37. The second-order valence-electron chi connectivity index (χ2n) is 8.57. The number of imidazole rings is 1. The molecule has 0 unspecified atom stereocenters. The highest BCUT2D eigenvalue weighted by Gasteiger charge is 2.26. The van der Waals surface area contributed by atoms with E-state index in [1.165, 1.54) is 54.9 Å². The maximum absolute atomic E-state index is 15.4. The monoisotopic (exact) mass is 500 g/mol. The quantitative estimate of drug-likeness (QED) is 0.372. The van der Waals surface area contributed by atoms with Crippen molar-refractivity contribution in [3.63, 3.8) is 0 Å². The maximum atomic E-state index is 15.4. The van der Waals surface area contributed by atoms with E-state index in [9.17, 15) is 22.3 Å². The van der Waals surface area contributed by atoms with Gasteiger partial charge in [0, 0.05) is 6.20 Å². The van der Waals surface area contributed by atoms with E-state index in [0.29, 0.717) is 11.1 Å². The molecule has 0 aliphatic heterocycles. The van der Waals surface area contributed by atoms with Crippen LogP contribution in [0.15, 0.2) is 71.8 Å². The van der Waals surface area contributed by atoms with E-state index in [1.54, 1.807) is 25.1 Å². The second-order valence-corrected chi connectivity index (χ2v) is 10.9. The molecule has 0 atom stereocenters. The molecule has 4 rings (SSSR count). The van der Waals surface area contributed by atoms with Crippen LogP contribution in [0, 0.1) is 17.5 Å². The van der Waals surface area contributed by atoms with Crippen molar-refractivity contribution in [2.75, 3.05) is 5.75 Å². The first-order valence-electron chi connectivity index (χ1n) is 10.8. The number of benzene rings is 3. The summed E-state index contributed by atoms with van der Waals surface area (Å²) >= 11 is 0. The Morgan fingerprint density at radius 1 is 0.914 bits per heavy atom. The molecule has 0 bridgehead atoms. The zero-order valence-electron chi connectivity index (χ0n) is 19.3. The van der Waals surface area contributed by atoms with Crippen LogP contribution in [0.3, 0.4) is 0 Å². The lowest BCUT2D eigenvalue weighted by Gasteiger charge is -2.13. The van der Waals surface area contributed by atoms with Crippen LogP contribution in [0.4, 0.5) is 13.2 Å². The number of rotatable bonds is 6. The molecular weight excluding hydrogens is 477 g/mol. The van der Waals surface area contributed by atoms with Gasteiger partial charge in [-0.1, -0.05) is 31.2 Å². The molecule has 9 heteroatoms. The molecular formula is C26H23F3N2O3S. The van der Waals surface area contributed by atoms with Crippen LogP contribution in [0.1, 0.15) is 26.5 Å². The molecule has 0 radical (unpaired) electrons. The fourth-order valence-corrected chi connectivity index (χ4v) is 4.59. The molecule has 182 valence electrons. The average molecular weight is 501 g/mol. The fourth-order valence-electron chi connectivity index (χ4n) is 3.66. The van der Waals surface area contributed by atoms with Gasteiger partial charge in [-0.25, -0.2) is 26.6 Å². The standard InChI is InChI=1S/C26H23F3N2O3S/c1-4-35(33,34)18-8-5-7-16(13-18)17-11-12-22(21(29)14-17)31-15-23(26(2,3)32)30-25(31)24-19(27)9-6-10-20(24)28/h5-15,32H,4H2,1-3H3. The second kappa shape index (κ2) is 8.98. The highest BCUT2D eigenvalue weighted by Crippen LogP contribution is 2.33. The van der Waals surface area contributed by atoms with Crippen molar-refractivity contribution in [3.05, 3.63) is 90.0 Å². The van der Waals surface area contributed by atoms with Crippen molar-refractivity contribution < 1.29 is 26.7 Å². The molecule has 0 aliphatic rings. The van der Waals surface area contributed by atoms with Crippen LogP contribution in [-0.4, -0.2) is 28.8 Å². The summed E-state index contributed by atoms with van der Waals surface area (Å²) in [4.78, 5) is 4.35. The van der Waals surface area contributed by atoms with Gasteiger partial charge in [0.15, 0.2) is 15.7 Å². The lowest BCUT2D eigenvalue weighted by atomic mass is 10.0. The summed E-state index contributed by atoms with van der Waals surface area (Å²) < 4.78 is 70.2. The van der Waals surface area contributed by atoms with E-state index < -0.39 is 38.5 Å². The van der Waals surface area contributed by atoms with Crippen molar-refractivity contribution in [2.45, 2.75) is 31.3 Å². The molecule has 35 heavy (non-hydrogen) atoms. The Kier molecular flexibility index (Phi) is 6.33. The van der Waals surface area contributed by atoms with Gasteiger partial charge in [-0.3, -0.25) is 4.57 Å². The Morgan fingerprint density at radius 2 is 1.54 bits per heavy atom. The number of halogens is 3. The number of aromatic nitrogens is 2. The topological polar surface area (TPSA) is 72.2 Å². The summed E-state index contributed by atoms with van der Waals surface area (Å²) in [5, 5.41) is 10.4. The minimum atomic E-state index is -3.45. The van der Waals surface area contributed by atoms with Crippen molar-refractivity contribution in [1.82, 2.24) is 9.55 Å². The van der Waals surface area contributed by atoms with Crippen LogP contribution in [0.2, 0.25) is 0 Å². The third kappa shape index (κ3) is 4.74. The Labute approximate surface area is 201 Å². The smallest absolute Gasteiger partial charge is 0.178 e. The normalized spacial score (nSPS) is 12.2. The minimum Gasteiger partial charge on any atom is -0.384 e. The number of sulfone groups is 1. The first-order chi connectivity index (χ1) is 16.4. The molecule has 0 spiro atoms. The van der Waals surface area contributed by atoms with Crippen molar-refractivity contribution >= 4 is 9.84 Å². The van der Waals surface area contributed by atoms with Crippen LogP contribution in [0.5, 0.6) is 0 Å². The highest BCUT2D eigenvalue weighted by atomic mass is 32.2. The van der Waals surface area contributed by atoms with Crippen LogP contribution in [-0.2, 0) is 15.4 Å². The summed E-state index contributed by atoms with van der Waals surface area (Å²) in [6.07, 6.45) is 1.33. The molecule has 0 saturated carbocycles. The van der Waals surface area contributed by atoms with E-state index in [1.807, 2.05) is 0 Å². The SMILES string of the molecule is CCS(=O)(=O)c1cccc(-c2ccc(-n3cc(C(C)(C)O)nc3-c3c(F)cccc3F)c(F)c2)c1. The highest BCUT2D eigenvalue weighted by molar-refractivity contribution is 7.91. The first-order valence-corrected chi connectivity index (χ1v) is 12.5. The Balaban J connectivity index is 1.87. The van der Waals surface area contributed by atoms with Gasteiger partial charge in [0.2, 0.25) is 0 Å². The van der Waals surface area contributed by atoms with Gasteiger partial charge in [0.25, 0.3) is 0 Å². The van der Waals surface area contributed by atoms with Crippen molar-refractivity contribution in [2.24, 2.45) is 0 Å². The van der Waals surface area contributed by atoms with Crippen molar-refractivity contribution in [3.8, 4) is 28.2 Å². The predicted octanol–water partition coefficient (Wildman–Crippen LogP) is 5.64. The molecule has 0 fully saturated rings. The van der Waals surface area contributed by atoms with E-state index in [4.69, 9.17) is 0 Å². The molecule has 5 nitrogen and oxygen atoms in total. The third-order valence-electron chi connectivity index (χ3n) is 5.63. The Bertz CT molecular complexity index is 1500. The van der Waals surface area contributed by atoms with E-state index in [2.05, 4.69) is 4.98 Å². The predicted molar refractivity (Wildman–Crippen MR) is 127 cm³/mol. The number of nitrogens with zero attached hydrogens (tertiary/aromatic N) is 2. The van der Waals surface area contributed by atoms with Gasteiger partial charge in [-0.05, 0) is 61.4 Å². The zero-order chi connectivity index (χ0) is 25.5. The van der Waals surface area contributed by atoms with E-state index >= 15 is 4.39 Å². The summed E-state index contributed by atoms with van der Waals surface area (Å²) in [6.45, 7) is 4.45. The Morgan fingerprint density at radius 3 is 2.14 bits per heavy atom. The molecule has 0 saturated heterocycles. The number of hydrogen-bond acceptors (Lipinski definition) is 4. The lowest BCUT2D eigenvalue weighted by molar-refractivity contribution is 0.0743. The largest absolute Gasteiger partial charge is 0.384 e. The molecule has 1 aromatic heterocycles. The molecule has 0 aliphatic carbocycles. The van der Waals surface area contributed by atoms with Crippen molar-refractivity contribution in [1.29, 1.82) is 0 Å². The van der Waals surface area contributed by atoms with Gasteiger partial charge in [-0.2, -0.15) is 0 Å². The van der Waals surface area contributed by atoms with Gasteiger partial charge in [-0.15, -0.1) is 0 Å². The summed E-state index contributed by atoms with van der Waals surface area (Å²) in [6, 6.07) is 13.7. The van der Waals surface area contributed by atoms with Gasteiger partial charge < -0.3 is 5.11 Å². The molecule has 0 amide bonds. The molecule has 1 heterocycles. The summed E-state index contributed by atoms with van der Waals surface area (Å²) in [5.41, 5.74) is -0.954. The van der Waals surface area contributed by atoms with Crippen LogP contribution < -0.4 is 0 Å².